The molecular formula is C14H20N2O6S. The number of thiazole rings is 1. The predicted molar refractivity (Wildman–Crippen MR) is 82.6 cm³/mol. The van der Waals surface area contributed by atoms with Crippen LogP contribution in [0.4, 0.5) is 0 Å². The lowest BCUT2D eigenvalue weighted by atomic mass is 9.99. The number of hydrogen-bond acceptors (Lipinski definition) is 7. The van der Waals surface area contributed by atoms with E-state index in [4.69, 9.17) is 14.6 Å². The highest BCUT2D eigenvalue weighted by atomic mass is 32.1. The van der Waals surface area contributed by atoms with E-state index in [1.165, 1.54) is 31.8 Å². The molecule has 1 amide bonds. The molecule has 0 spiro atoms. The minimum Gasteiger partial charge on any atom is -0.481 e. The van der Waals surface area contributed by atoms with Gasteiger partial charge in [-0.3, -0.25) is 14.4 Å². The van der Waals surface area contributed by atoms with Gasteiger partial charge in [0.25, 0.3) is 5.91 Å². The zero-order valence-corrected chi connectivity index (χ0v) is 14.0. The van der Waals surface area contributed by atoms with Crippen LogP contribution in [0.25, 0.3) is 0 Å². The number of ketones is 1. The van der Waals surface area contributed by atoms with Gasteiger partial charge in [-0.05, 0) is 6.92 Å². The number of carboxylic acids is 1. The van der Waals surface area contributed by atoms with Crippen molar-refractivity contribution < 1.29 is 29.0 Å². The maximum atomic E-state index is 12.3. The van der Waals surface area contributed by atoms with Crippen LogP contribution in [0, 0.1) is 12.8 Å². The number of nitrogens with zero attached hydrogens (tertiary/aromatic N) is 1. The fraction of sp³-hybridized carbons (Fsp3) is 0.571. The molecule has 0 radical (unpaired) electrons. The van der Waals surface area contributed by atoms with Gasteiger partial charge < -0.3 is 19.9 Å². The first kappa shape index (κ1) is 19.2. The molecule has 0 aliphatic carbocycles. The summed E-state index contributed by atoms with van der Waals surface area (Å²) in [6.45, 7) is 1.64. The van der Waals surface area contributed by atoms with Crippen molar-refractivity contribution in [2.75, 3.05) is 27.4 Å². The molecule has 1 rings (SSSR count). The van der Waals surface area contributed by atoms with Crippen LogP contribution in [0.5, 0.6) is 0 Å². The van der Waals surface area contributed by atoms with Crippen molar-refractivity contribution >= 4 is 29.0 Å². The summed E-state index contributed by atoms with van der Waals surface area (Å²) in [6, 6.07) is -0.923. The number of ether oxygens (including phenoxy) is 2. The van der Waals surface area contributed by atoms with Crippen molar-refractivity contribution in [3.8, 4) is 0 Å². The van der Waals surface area contributed by atoms with E-state index in [0.717, 1.165) is 5.01 Å². The molecule has 0 aliphatic rings. The summed E-state index contributed by atoms with van der Waals surface area (Å²) in [5.41, 5.74) is 0. The lowest BCUT2D eigenvalue weighted by Crippen LogP contribution is -2.45. The first-order valence-corrected chi connectivity index (χ1v) is 7.67. The van der Waals surface area contributed by atoms with Gasteiger partial charge in [-0.25, -0.2) is 4.98 Å². The van der Waals surface area contributed by atoms with Gasteiger partial charge in [0.15, 0.2) is 5.78 Å². The van der Waals surface area contributed by atoms with E-state index in [1.807, 2.05) is 0 Å². The quantitative estimate of drug-likeness (QED) is 0.635. The molecule has 1 heterocycles. The molecule has 0 unspecified atom stereocenters. The maximum absolute atomic E-state index is 12.3. The van der Waals surface area contributed by atoms with Crippen LogP contribution in [-0.4, -0.2) is 61.2 Å². The highest BCUT2D eigenvalue weighted by molar-refractivity contribution is 7.13. The van der Waals surface area contributed by atoms with Gasteiger partial charge >= 0.3 is 5.97 Å². The standard InChI is InChI=1S/C14H20N2O6S/c1-8-15-5-12(23-8)13(18)16-10(7-22-3)11(17)4-9(6-21-2)14(19)20/h5,9-10H,4,6-7H2,1-3H3,(H,16,18)(H,19,20)/t9-,10-/m0/s1. The first-order valence-electron chi connectivity index (χ1n) is 6.85. The second-order valence-corrected chi connectivity index (χ2v) is 6.12. The third-order valence-corrected chi connectivity index (χ3v) is 3.95. The Morgan fingerprint density at radius 2 is 1.96 bits per heavy atom. The Labute approximate surface area is 137 Å². The lowest BCUT2D eigenvalue weighted by Gasteiger charge is -2.18. The number of methoxy groups -OCH3 is 2. The molecule has 8 nitrogen and oxygen atoms in total. The second kappa shape index (κ2) is 9.33. The van der Waals surface area contributed by atoms with Crippen LogP contribution in [0.2, 0.25) is 0 Å². The molecule has 1 aromatic heterocycles. The van der Waals surface area contributed by atoms with E-state index in [1.54, 1.807) is 6.92 Å². The Morgan fingerprint density at radius 3 is 2.43 bits per heavy atom. The molecule has 128 valence electrons. The fourth-order valence-corrected chi connectivity index (χ4v) is 2.56. The number of rotatable bonds is 10. The van der Waals surface area contributed by atoms with Crippen molar-refractivity contribution in [2.24, 2.45) is 5.92 Å². The van der Waals surface area contributed by atoms with Gasteiger partial charge in [0.2, 0.25) is 0 Å². The average Bonchev–Trinajstić information content (AvgIpc) is 2.92. The number of carboxylic acid groups (broad SMARTS) is 1. The number of amides is 1. The first-order chi connectivity index (χ1) is 10.9. The summed E-state index contributed by atoms with van der Waals surface area (Å²) in [5.74, 6) is -2.95. The summed E-state index contributed by atoms with van der Waals surface area (Å²) in [7, 11) is 2.76. The molecule has 2 atom stereocenters. The van der Waals surface area contributed by atoms with Gasteiger partial charge in [0, 0.05) is 20.6 Å². The van der Waals surface area contributed by atoms with Crippen molar-refractivity contribution in [3.63, 3.8) is 0 Å². The van der Waals surface area contributed by atoms with E-state index < -0.39 is 29.6 Å². The summed E-state index contributed by atoms with van der Waals surface area (Å²) < 4.78 is 9.74. The molecule has 2 N–H and O–H groups in total. The van der Waals surface area contributed by atoms with Gasteiger partial charge in [-0.1, -0.05) is 0 Å². The molecule has 1 aromatic rings. The topological polar surface area (TPSA) is 115 Å². The van der Waals surface area contributed by atoms with Gasteiger partial charge in [-0.2, -0.15) is 0 Å². The predicted octanol–water partition coefficient (Wildman–Crippen LogP) is 0.503. The average molecular weight is 344 g/mol. The Bertz CT molecular complexity index is 559. The van der Waals surface area contributed by atoms with Crippen LogP contribution >= 0.6 is 11.3 Å². The molecule has 0 aromatic carbocycles. The van der Waals surface area contributed by atoms with Crippen LogP contribution in [0.15, 0.2) is 6.20 Å². The number of hydrogen-bond donors (Lipinski definition) is 2. The highest BCUT2D eigenvalue weighted by Gasteiger charge is 2.28. The van der Waals surface area contributed by atoms with E-state index in [9.17, 15) is 14.4 Å². The maximum Gasteiger partial charge on any atom is 0.309 e. The molecule has 0 fully saturated rings. The Balaban J connectivity index is 2.74. The zero-order valence-electron chi connectivity index (χ0n) is 13.2. The smallest absolute Gasteiger partial charge is 0.309 e. The van der Waals surface area contributed by atoms with E-state index in [0.29, 0.717) is 4.88 Å². The second-order valence-electron chi connectivity index (χ2n) is 4.89. The summed E-state index contributed by atoms with van der Waals surface area (Å²) in [4.78, 5) is 39.8. The van der Waals surface area contributed by atoms with Crippen molar-refractivity contribution in [2.45, 2.75) is 19.4 Å². The van der Waals surface area contributed by atoms with Crippen LogP contribution in [-0.2, 0) is 19.1 Å². The molecule has 23 heavy (non-hydrogen) atoms. The third kappa shape index (κ3) is 6.05. The molecule has 0 saturated carbocycles. The summed E-state index contributed by atoms with van der Waals surface area (Å²) in [5, 5.41) is 12.4. The number of nitrogens with one attached hydrogen (secondary N) is 1. The van der Waals surface area contributed by atoms with Crippen molar-refractivity contribution in [3.05, 3.63) is 16.1 Å². The van der Waals surface area contributed by atoms with Crippen LogP contribution in [0.1, 0.15) is 21.1 Å². The normalized spacial score (nSPS) is 13.3. The molecule has 0 aliphatic heterocycles. The largest absolute Gasteiger partial charge is 0.481 e. The Kier molecular flexibility index (Phi) is 7.79. The molecule has 9 heteroatoms. The van der Waals surface area contributed by atoms with Crippen LogP contribution in [0.3, 0.4) is 0 Å². The number of aromatic nitrogens is 1. The summed E-state index contributed by atoms with van der Waals surface area (Å²) >= 11 is 1.21. The number of aryl methyl sites for hydroxylation is 1. The number of Topliss-reactive ketones (excluding diaryl/α,β-unsaturated/α-hetero) is 1. The van der Waals surface area contributed by atoms with E-state index in [-0.39, 0.29) is 19.6 Å². The van der Waals surface area contributed by atoms with Crippen LogP contribution < -0.4 is 5.32 Å². The Hall–Kier alpha value is -1.84. The van der Waals surface area contributed by atoms with E-state index in [2.05, 4.69) is 10.3 Å². The third-order valence-electron chi connectivity index (χ3n) is 3.04. The lowest BCUT2D eigenvalue weighted by molar-refractivity contribution is -0.146. The van der Waals surface area contributed by atoms with Gasteiger partial charge in [0.1, 0.15) is 10.9 Å². The van der Waals surface area contributed by atoms with Crippen molar-refractivity contribution in [1.29, 1.82) is 0 Å². The highest BCUT2D eigenvalue weighted by Crippen LogP contribution is 2.12. The summed E-state index contributed by atoms with van der Waals surface area (Å²) in [6.07, 6.45) is 1.17. The molecule has 0 saturated heterocycles. The minimum absolute atomic E-state index is 0.0400. The SMILES string of the molecule is COC[C@H](CC(=O)[C@H](COC)NC(=O)c1cnc(C)s1)C(=O)O. The van der Waals surface area contributed by atoms with E-state index >= 15 is 0 Å². The zero-order chi connectivity index (χ0) is 17.4. The monoisotopic (exact) mass is 344 g/mol. The fourth-order valence-electron chi connectivity index (χ4n) is 1.88. The van der Waals surface area contributed by atoms with Gasteiger partial charge in [-0.15, -0.1) is 11.3 Å². The minimum atomic E-state index is -1.12. The van der Waals surface area contributed by atoms with Gasteiger partial charge in [0.05, 0.1) is 30.3 Å². The molecule has 0 bridgehead atoms. The number of carbonyl (C=O) groups is 3. The molecular weight excluding hydrogens is 324 g/mol. The Morgan fingerprint density at radius 1 is 1.30 bits per heavy atom. The number of carbonyl (C=O) groups excluding carboxylic acids is 2. The van der Waals surface area contributed by atoms with Crippen molar-refractivity contribution in [1.82, 2.24) is 10.3 Å². The number of aliphatic carboxylic acids is 1.